The van der Waals surface area contributed by atoms with Crippen LogP contribution < -0.4 is 5.32 Å². The van der Waals surface area contributed by atoms with Gasteiger partial charge in [-0.25, -0.2) is 0 Å². The van der Waals surface area contributed by atoms with Crippen LogP contribution in [0.5, 0.6) is 0 Å². The third-order valence-corrected chi connectivity index (χ3v) is 11.9. The van der Waals surface area contributed by atoms with Crippen molar-refractivity contribution in [3.8, 4) is 0 Å². The molecule has 0 spiro atoms. The van der Waals surface area contributed by atoms with E-state index in [0.29, 0.717) is 25.9 Å². The molecular formula is C54H101NO5. The van der Waals surface area contributed by atoms with Crippen LogP contribution in [0.3, 0.4) is 0 Å². The van der Waals surface area contributed by atoms with Crippen LogP contribution in [0.1, 0.15) is 271 Å². The third-order valence-electron chi connectivity index (χ3n) is 11.9. The molecule has 2 unspecified atom stereocenters. The number of allylic oxidation sites excluding steroid dienone is 5. The molecule has 6 heteroatoms. The predicted octanol–water partition coefficient (Wildman–Crippen LogP) is 15.7. The van der Waals surface area contributed by atoms with Crippen molar-refractivity contribution in [1.82, 2.24) is 5.32 Å². The average molecular weight is 844 g/mol. The van der Waals surface area contributed by atoms with Crippen molar-refractivity contribution in [2.75, 3.05) is 13.2 Å². The zero-order valence-electron chi connectivity index (χ0n) is 39.9. The molecule has 2 atom stereocenters. The highest BCUT2D eigenvalue weighted by atomic mass is 16.5. The minimum Gasteiger partial charge on any atom is -0.466 e. The highest BCUT2D eigenvalue weighted by Gasteiger charge is 2.17. The summed E-state index contributed by atoms with van der Waals surface area (Å²) in [4.78, 5) is 24.4. The SMILES string of the molecule is CCCCCCCCCCC/C=C/C(O)C(CO)NC(=O)CC/C=C\C/C=C\CCCCCCCCOC(=O)CCCCCCCCCCCCCCCCCCCCC. The lowest BCUT2D eigenvalue weighted by Crippen LogP contribution is -2.45. The Hall–Kier alpha value is -1.92. The lowest BCUT2D eigenvalue weighted by Gasteiger charge is -2.19. The summed E-state index contributed by atoms with van der Waals surface area (Å²) in [6.07, 6.45) is 60.3. The highest BCUT2D eigenvalue weighted by Crippen LogP contribution is 2.16. The zero-order valence-corrected chi connectivity index (χ0v) is 39.9. The monoisotopic (exact) mass is 844 g/mol. The molecule has 0 rings (SSSR count). The van der Waals surface area contributed by atoms with Crippen molar-refractivity contribution in [2.24, 2.45) is 0 Å². The van der Waals surface area contributed by atoms with Gasteiger partial charge in [-0.1, -0.05) is 243 Å². The fraction of sp³-hybridized carbons (Fsp3) is 0.852. The smallest absolute Gasteiger partial charge is 0.305 e. The topological polar surface area (TPSA) is 95.9 Å². The zero-order chi connectivity index (χ0) is 43.7. The Labute approximate surface area is 373 Å². The first-order chi connectivity index (χ1) is 29.5. The molecule has 0 bridgehead atoms. The standard InChI is InChI=1S/C54H101NO5/c1-3-5-7-9-11-13-15-16-17-18-19-20-21-24-28-32-36-40-44-48-54(59)60-49-45-41-37-33-29-25-22-23-27-31-35-39-43-47-53(58)55-51(50-56)52(57)46-42-38-34-30-26-14-12-10-8-6-4-2/h23,27,35,39,42,46,51-52,56-57H,3-22,24-26,28-34,36-38,40-41,43-45,47-50H2,1-2H3,(H,55,58)/b27-23-,39-35-,46-42+. The first kappa shape index (κ1) is 58.1. The maximum absolute atomic E-state index is 12.3. The normalized spacial score (nSPS) is 12.9. The maximum Gasteiger partial charge on any atom is 0.305 e. The summed E-state index contributed by atoms with van der Waals surface area (Å²) in [6, 6.07) is -0.670. The van der Waals surface area contributed by atoms with E-state index in [1.807, 2.05) is 12.2 Å². The quantitative estimate of drug-likeness (QED) is 0.0322. The van der Waals surface area contributed by atoms with Crippen molar-refractivity contribution < 1.29 is 24.5 Å². The minimum absolute atomic E-state index is 0.0145. The van der Waals surface area contributed by atoms with Crippen LogP contribution >= 0.6 is 0 Å². The van der Waals surface area contributed by atoms with E-state index in [0.717, 1.165) is 51.4 Å². The van der Waals surface area contributed by atoms with Crippen LogP contribution in [-0.4, -0.2) is 47.4 Å². The van der Waals surface area contributed by atoms with Gasteiger partial charge in [0, 0.05) is 12.8 Å². The van der Waals surface area contributed by atoms with E-state index in [-0.39, 0.29) is 18.5 Å². The summed E-state index contributed by atoms with van der Waals surface area (Å²) >= 11 is 0. The third kappa shape index (κ3) is 45.6. The molecule has 0 saturated carbocycles. The average Bonchev–Trinajstić information content (AvgIpc) is 3.25. The van der Waals surface area contributed by atoms with Gasteiger partial charge < -0.3 is 20.3 Å². The first-order valence-corrected chi connectivity index (χ1v) is 26.3. The number of carbonyl (C=O) groups is 2. The van der Waals surface area contributed by atoms with Crippen molar-refractivity contribution >= 4 is 11.9 Å². The molecule has 0 aromatic rings. The van der Waals surface area contributed by atoms with Gasteiger partial charge in [-0.15, -0.1) is 0 Å². The number of esters is 1. The molecule has 352 valence electrons. The fourth-order valence-electron chi connectivity index (χ4n) is 7.86. The highest BCUT2D eigenvalue weighted by molar-refractivity contribution is 5.76. The van der Waals surface area contributed by atoms with E-state index in [2.05, 4.69) is 37.4 Å². The van der Waals surface area contributed by atoms with E-state index in [1.165, 1.54) is 186 Å². The van der Waals surface area contributed by atoms with Gasteiger partial charge in [0.05, 0.1) is 25.4 Å². The second kappa shape index (κ2) is 49.7. The van der Waals surface area contributed by atoms with Crippen molar-refractivity contribution in [1.29, 1.82) is 0 Å². The number of unbranched alkanes of at least 4 members (excludes halogenated alkanes) is 33. The van der Waals surface area contributed by atoms with Crippen LogP contribution in [0.2, 0.25) is 0 Å². The largest absolute Gasteiger partial charge is 0.466 e. The molecule has 3 N–H and O–H groups in total. The summed E-state index contributed by atoms with van der Waals surface area (Å²) in [5.41, 5.74) is 0. The number of carbonyl (C=O) groups excluding carboxylic acids is 2. The van der Waals surface area contributed by atoms with Gasteiger partial charge in [0.25, 0.3) is 0 Å². The number of amides is 1. The van der Waals surface area contributed by atoms with Gasteiger partial charge >= 0.3 is 5.97 Å². The number of hydrogen-bond acceptors (Lipinski definition) is 5. The number of hydrogen-bond donors (Lipinski definition) is 3. The van der Waals surface area contributed by atoms with Crippen LogP contribution in [0, 0.1) is 0 Å². The molecule has 6 nitrogen and oxygen atoms in total. The molecular weight excluding hydrogens is 743 g/mol. The predicted molar refractivity (Wildman–Crippen MR) is 259 cm³/mol. The maximum atomic E-state index is 12.3. The number of ether oxygens (including phenoxy) is 1. The number of aliphatic hydroxyl groups excluding tert-OH is 2. The molecule has 60 heavy (non-hydrogen) atoms. The molecule has 0 aromatic heterocycles. The van der Waals surface area contributed by atoms with Crippen molar-refractivity contribution in [3.63, 3.8) is 0 Å². The van der Waals surface area contributed by atoms with Crippen LogP contribution in [-0.2, 0) is 14.3 Å². The molecule has 0 aliphatic heterocycles. The summed E-state index contributed by atoms with van der Waals surface area (Å²) in [7, 11) is 0. The second-order valence-corrected chi connectivity index (χ2v) is 17.9. The number of aliphatic hydroxyl groups is 2. The van der Waals surface area contributed by atoms with Gasteiger partial charge in [0.2, 0.25) is 5.91 Å². The Morgan fingerprint density at radius 1 is 0.467 bits per heavy atom. The van der Waals surface area contributed by atoms with Crippen LogP contribution in [0.15, 0.2) is 36.5 Å². The van der Waals surface area contributed by atoms with Gasteiger partial charge in [-0.05, 0) is 51.4 Å². The molecule has 0 radical (unpaired) electrons. The summed E-state index contributed by atoms with van der Waals surface area (Å²) in [5.74, 6) is -0.165. The second-order valence-electron chi connectivity index (χ2n) is 17.9. The number of nitrogens with one attached hydrogen (secondary N) is 1. The van der Waals surface area contributed by atoms with Gasteiger partial charge in [0.1, 0.15) is 0 Å². The van der Waals surface area contributed by atoms with E-state index < -0.39 is 12.1 Å². The Bertz CT molecular complexity index is 977. The van der Waals surface area contributed by atoms with Crippen LogP contribution in [0.25, 0.3) is 0 Å². The van der Waals surface area contributed by atoms with E-state index in [9.17, 15) is 19.8 Å². The molecule has 0 aliphatic carbocycles. The van der Waals surface area contributed by atoms with Gasteiger partial charge in [-0.2, -0.15) is 0 Å². The molecule has 0 aromatic carbocycles. The summed E-state index contributed by atoms with van der Waals surface area (Å²) in [5, 5.41) is 22.9. The van der Waals surface area contributed by atoms with Crippen molar-refractivity contribution in [3.05, 3.63) is 36.5 Å². The van der Waals surface area contributed by atoms with Gasteiger partial charge in [0.15, 0.2) is 0 Å². The summed E-state index contributed by atoms with van der Waals surface area (Å²) < 4.78 is 5.47. The fourth-order valence-corrected chi connectivity index (χ4v) is 7.86. The Balaban J connectivity index is 3.52. The Kier molecular flexibility index (Phi) is 48.1. The van der Waals surface area contributed by atoms with Gasteiger partial charge in [-0.3, -0.25) is 9.59 Å². The Morgan fingerprint density at radius 2 is 0.850 bits per heavy atom. The molecule has 0 fully saturated rings. The van der Waals surface area contributed by atoms with E-state index in [1.54, 1.807) is 6.08 Å². The van der Waals surface area contributed by atoms with E-state index >= 15 is 0 Å². The molecule has 0 aliphatic rings. The van der Waals surface area contributed by atoms with Crippen molar-refractivity contribution in [2.45, 2.75) is 283 Å². The lowest BCUT2D eigenvalue weighted by atomic mass is 10.0. The molecule has 0 heterocycles. The van der Waals surface area contributed by atoms with Crippen LogP contribution in [0.4, 0.5) is 0 Å². The molecule has 1 amide bonds. The first-order valence-electron chi connectivity index (χ1n) is 26.3. The minimum atomic E-state index is -0.877. The Morgan fingerprint density at radius 3 is 1.30 bits per heavy atom. The molecule has 0 saturated heterocycles. The summed E-state index contributed by atoms with van der Waals surface area (Å²) in [6.45, 7) is 4.83. The van der Waals surface area contributed by atoms with E-state index in [4.69, 9.17) is 4.74 Å². The lowest BCUT2D eigenvalue weighted by molar-refractivity contribution is -0.143. The number of rotatable bonds is 48.